The van der Waals surface area contributed by atoms with E-state index in [0.717, 1.165) is 36.1 Å². The molecule has 2 rings (SSSR count). The van der Waals surface area contributed by atoms with E-state index >= 15 is 0 Å². The molecule has 0 aliphatic heterocycles. The predicted octanol–water partition coefficient (Wildman–Crippen LogP) is 4.14. The Balaban J connectivity index is 0.00000242. The van der Waals surface area contributed by atoms with E-state index in [1.165, 1.54) is 9.75 Å². The number of thiophene rings is 1. The van der Waals surface area contributed by atoms with Gasteiger partial charge in [-0.05, 0) is 45.9 Å². The highest BCUT2D eigenvalue weighted by atomic mass is 127. The summed E-state index contributed by atoms with van der Waals surface area (Å²) in [4.78, 5) is 7.26. The first-order valence-electron chi connectivity index (χ1n) is 7.22. The summed E-state index contributed by atoms with van der Waals surface area (Å²) in [6.45, 7) is 10.4. The second-order valence-electron chi connectivity index (χ2n) is 5.00. The van der Waals surface area contributed by atoms with Gasteiger partial charge in [0.1, 0.15) is 11.5 Å². The zero-order valence-corrected chi connectivity index (χ0v) is 16.7. The highest BCUT2D eigenvalue weighted by molar-refractivity contribution is 14.0. The van der Waals surface area contributed by atoms with Crippen molar-refractivity contribution in [1.29, 1.82) is 0 Å². The molecule has 0 atom stereocenters. The number of furan rings is 1. The van der Waals surface area contributed by atoms with Crippen molar-refractivity contribution in [3.63, 3.8) is 0 Å². The average Bonchev–Trinajstić information content (AvgIpc) is 2.99. The number of rotatable bonds is 5. The summed E-state index contributed by atoms with van der Waals surface area (Å²) in [5, 5.41) is 6.63. The van der Waals surface area contributed by atoms with Crippen LogP contribution in [0.4, 0.5) is 0 Å². The maximum absolute atomic E-state index is 5.53. The highest BCUT2D eigenvalue weighted by Gasteiger charge is 2.05. The Morgan fingerprint density at radius 3 is 2.55 bits per heavy atom. The van der Waals surface area contributed by atoms with Crippen molar-refractivity contribution in [2.24, 2.45) is 4.99 Å². The smallest absolute Gasteiger partial charge is 0.191 e. The molecule has 0 aromatic carbocycles. The van der Waals surface area contributed by atoms with Crippen molar-refractivity contribution in [2.75, 3.05) is 6.54 Å². The largest absolute Gasteiger partial charge is 0.466 e. The van der Waals surface area contributed by atoms with Crippen molar-refractivity contribution < 1.29 is 4.42 Å². The van der Waals surface area contributed by atoms with Crippen LogP contribution in [0, 0.1) is 20.8 Å². The molecule has 0 spiro atoms. The minimum Gasteiger partial charge on any atom is -0.466 e. The average molecular weight is 433 g/mol. The first-order valence-corrected chi connectivity index (χ1v) is 8.03. The van der Waals surface area contributed by atoms with E-state index in [1.54, 1.807) is 0 Å². The summed E-state index contributed by atoms with van der Waals surface area (Å²) in [5.74, 6) is 2.72. The fraction of sp³-hybridized carbons (Fsp3) is 0.438. The molecule has 0 unspecified atom stereocenters. The quantitative estimate of drug-likeness (QED) is 0.424. The van der Waals surface area contributed by atoms with Gasteiger partial charge in [0.2, 0.25) is 0 Å². The topological polar surface area (TPSA) is 49.6 Å². The monoisotopic (exact) mass is 433 g/mol. The molecule has 2 aromatic rings. The summed E-state index contributed by atoms with van der Waals surface area (Å²) in [5.41, 5.74) is 1.14. The van der Waals surface area contributed by atoms with Gasteiger partial charge in [-0.2, -0.15) is 0 Å². The van der Waals surface area contributed by atoms with Crippen molar-refractivity contribution in [1.82, 2.24) is 10.6 Å². The minimum atomic E-state index is 0. The van der Waals surface area contributed by atoms with E-state index in [-0.39, 0.29) is 24.0 Å². The van der Waals surface area contributed by atoms with Gasteiger partial charge in [-0.15, -0.1) is 35.3 Å². The molecule has 0 fully saturated rings. The minimum absolute atomic E-state index is 0. The number of aryl methyl sites for hydroxylation is 3. The van der Waals surface area contributed by atoms with Crippen LogP contribution >= 0.6 is 35.3 Å². The Hall–Kier alpha value is -1.02. The van der Waals surface area contributed by atoms with E-state index in [0.29, 0.717) is 6.54 Å². The van der Waals surface area contributed by atoms with Gasteiger partial charge in [-0.25, -0.2) is 4.99 Å². The fourth-order valence-corrected chi connectivity index (χ4v) is 2.93. The number of aliphatic imine (C=N–C) groups is 1. The van der Waals surface area contributed by atoms with Crippen LogP contribution in [-0.2, 0) is 13.1 Å². The molecule has 122 valence electrons. The van der Waals surface area contributed by atoms with Gasteiger partial charge in [-0.1, -0.05) is 0 Å². The van der Waals surface area contributed by atoms with Crippen LogP contribution in [0.5, 0.6) is 0 Å². The molecule has 2 aromatic heterocycles. The molecular formula is C16H24IN3OS. The first-order chi connectivity index (χ1) is 10.1. The predicted molar refractivity (Wildman–Crippen MR) is 104 cm³/mol. The third-order valence-corrected chi connectivity index (χ3v) is 4.12. The second kappa shape index (κ2) is 9.19. The highest BCUT2D eigenvalue weighted by Crippen LogP contribution is 2.15. The Kier molecular flexibility index (Phi) is 7.95. The standard InChI is InChI=1S/C16H23N3OS.HI/c1-5-17-16(19-10-15-7-6-12(3)21-15)18-9-14-8-11(2)20-13(14)4;/h6-8H,5,9-10H2,1-4H3,(H2,17,18,19);1H. The van der Waals surface area contributed by atoms with Crippen LogP contribution in [0.2, 0.25) is 0 Å². The summed E-state index contributed by atoms with van der Waals surface area (Å²) >= 11 is 1.81. The normalized spacial score (nSPS) is 11.2. The lowest BCUT2D eigenvalue weighted by atomic mass is 10.2. The van der Waals surface area contributed by atoms with Crippen molar-refractivity contribution in [2.45, 2.75) is 40.8 Å². The molecule has 2 N–H and O–H groups in total. The molecule has 22 heavy (non-hydrogen) atoms. The Bertz CT molecular complexity index is 619. The lowest BCUT2D eigenvalue weighted by Crippen LogP contribution is -2.36. The van der Waals surface area contributed by atoms with Gasteiger partial charge in [0.25, 0.3) is 0 Å². The van der Waals surface area contributed by atoms with Crippen LogP contribution in [0.25, 0.3) is 0 Å². The molecule has 0 aliphatic rings. The van der Waals surface area contributed by atoms with Gasteiger partial charge >= 0.3 is 0 Å². The van der Waals surface area contributed by atoms with Crippen molar-refractivity contribution in [3.05, 3.63) is 45.0 Å². The first kappa shape index (κ1) is 19.0. The zero-order chi connectivity index (χ0) is 15.2. The van der Waals surface area contributed by atoms with E-state index < -0.39 is 0 Å². The molecule has 0 saturated heterocycles. The number of halogens is 1. The van der Waals surface area contributed by atoms with E-state index in [4.69, 9.17) is 4.42 Å². The molecule has 0 saturated carbocycles. The number of nitrogens with zero attached hydrogens (tertiary/aromatic N) is 1. The molecule has 0 bridgehead atoms. The SMILES string of the molecule is CCNC(=NCc1cc(C)oc1C)NCc1ccc(C)s1.I. The third kappa shape index (κ3) is 5.64. The van der Waals surface area contributed by atoms with Gasteiger partial charge in [-0.3, -0.25) is 0 Å². The number of hydrogen-bond donors (Lipinski definition) is 2. The zero-order valence-electron chi connectivity index (χ0n) is 13.5. The van der Waals surface area contributed by atoms with Crippen molar-refractivity contribution in [3.8, 4) is 0 Å². The van der Waals surface area contributed by atoms with Crippen LogP contribution < -0.4 is 10.6 Å². The van der Waals surface area contributed by atoms with E-state index in [2.05, 4.69) is 41.6 Å². The van der Waals surface area contributed by atoms with Gasteiger partial charge in [0, 0.05) is 21.9 Å². The van der Waals surface area contributed by atoms with Crippen LogP contribution in [0.15, 0.2) is 27.6 Å². The lowest BCUT2D eigenvalue weighted by Gasteiger charge is -2.10. The summed E-state index contributed by atoms with van der Waals surface area (Å²) in [6.07, 6.45) is 0. The maximum Gasteiger partial charge on any atom is 0.191 e. The molecule has 0 radical (unpaired) electrons. The van der Waals surface area contributed by atoms with Gasteiger partial charge in [0.15, 0.2) is 5.96 Å². The van der Waals surface area contributed by atoms with Gasteiger partial charge in [0.05, 0.1) is 13.1 Å². The maximum atomic E-state index is 5.53. The van der Waals surface area contributed by atoms with Crippen LogP contribution in [0.1, 0.15) is 33.8 Å². The third-order valence-electron chi connectivity index (χ3n) is 3.12. The molecule has 4 nitrogen and oxygen atoms in total. The molecular weight excluding hydrogens is 409 g/mol. The Morgan fingerprint density at radius 2 is 2.00 bits per heavy atom. The van der Waals surface area contributed by atoms with Gasteiger partial charge < -0.3 is 15.1 Å². The van der Waals surface area contributed by atoms with E-state index in [9.17, 15) is 0 Å². The van der Waals surface area contributed by atoms with Crippen LogP contribution in [-0.4, -0.2) is 12.5 Å². The number of hydrogen-bond acceptors (Lipinski definition) is 3. The van der Waals surface area contributed by atoms with Crippen LogP contribution in [0.3, 0.4) is 0 Å². The molecule has 2 heterocycles. The second-order valence-corrected chi connectivity index (χ2v) is 6.37. The molecule has 0 amide bonds. The summed E-state index contributed by atoms with van der Waals surface area (Å²) in [7, 11) is 0. The summed E-state index contributed by atoms with van der Waals surface area (Å²) < 4.78 is 5.53. The summed E-state index contributed by atoms with van der Waals surface area (Å²) in [6, 6.07) is 6.34. The molecule has 0 aliphatic carbocycles. The van der Waals surface area contributed by atoms with Crippen molar-refractivity contribution >= 4 is 41.3 Å². The molecule has 6 heteroatoms. The number of guanidine groups is 1. The number of nitrogens with one attached hydrogen (secondary N) is 2. The Labute approximate surface area is 153 Å². The Morgan fingerprint density at radius 1 is 1.23 bits per heavy atom. The fourth-order valence-electron chi connectivity index (χ4n) is 2.10. The van der Waals surface area contributed by atoms with E-state index in [1.807, 2.05) is 31.3 Å². The lowest BCUT2D eigenvalue weighted by molar-refractivity contribution is 0.501.